The fraction of sp³-hybridized carbons (Fsp3) is 0.304. The second-order valence-corrected chi connectivity index (χ2v) is 14.3. The van der Waals surface area contributed by atoms with Crippen LogP contribution in [0.2, 0.25) is 0 Å². The number of pyridine rings is 1. The maximum atomic E-state index is 6.57. The van der Waals surface area contributed by atoms with Crippen LogP contribution in [-0.4, -0.2) is 26.4 Å². The molecule has 6 heteroatoms. The first kappa shape index (κ1) is 35.1. The highest BCUT2D eigenvalue weighted by Gasteiger charge is 2.26. The van der Waals surface area contributed by atoms with Gasteiger partial charge in [0.1, 0.15) is 23.1 Å². The molecule has 0 aliphatic rings. The number of hydrogen-bond acceptors (Lipinski definition) is 4. The van der Waals surface area contributed by atoms with Gasteiger partial charge >= 0.3 is 0 Å². The number of aromatic nitrogens is 4. The minimum absolute atomic E-state index is 0.461. The summed E-state index contributed by atoms with van der Waals surface area (Å²) < 4.78 is 16.3. The fourth-order valence-corrected chi connectivity index (χ4v) is 8.23. The van der Waals surface area contributed by atoms with Crippen LogP contribution in [0.25, 0.3) is 44.4 Å². The Labute approximate surface area is 308 Å². The second kappa shape index (κ2) is 14.7. The average molecular weight is 691 g/mol. The zero-order chi connectivity index (χ0) is 36.5. The molecule has 0 fully saturated rings. The lowest BCUT2D eigenvalue weighted by molar-refractivity contribution is 0.414. The zero-order valence-corrected chi connectivity index (χ0v) is 31.8. The Hall–Kier alpha value is -5.36. The summed E-state index contributed by atoms with van der Waals surface area (Å²) in [5.41, 5.74) is 12.8. The molecule has 0 saturated heterocycles. The lowest BCUT2D eigenvalue weighted by Crippen LogP contribution is -2.10. The predicted octanol–water partition coefficient (Wildman–Crippen LogP) is 12.6. The monoisotopic (exact) mass is 690 g/mol. The summed E-state index contributed by atoms with van der Waals surface area (Å²) in [6.07, 6.45) is 10.7. The molecule has 7 aromatic rings. The van der Waals surface area contributed by atoms with Crippen molar-refractivity contribution in [3.05, 3.63) is 125 Å². The minimum atomic E-state index is 0.461. The number of methoxy groups -OCH3 is 1. The van der Waals surface area contributed by atoms with Crippen LogP contribution in [0.5, 0.6) is 17.2 Å². The van der Waals surface area contributed by atoms with E-state index in [1.807, 2.05) is 35.0 Å². The number of hydrogen-bond donors (Lipinski definition) is 0. The maximum absolute atomic E-state index is 6.57. The average Bonchev–Trinajstić information content (AvgIpc) is 3.77. The standard InChI is InChI=1S/C46H50N4O2/c1-9-14-29(3)44-32(6)31(5)33(7)45(30(4)15-10-2)46(44)34-27-48-49(28-34)35-16-13-17-37(24-35)52-38-20-21-40-39-18-11-12-19-41(39)50(42(40)25-38)43-26-36(51-8)22-23-47-43/h11-13,16-30H,9-10,14-15H2,1-8H3. The van der Waals surface area contributed by atoms with Gasteiger partial charge in [-0.15, -0.1) is 0 Å². The van der Waals surface area contributed by atoms with E-state index >= 15 is 0 Å². The van der Waals surface area contributed by atoms with Gasteiger partial charge < -0.3 is 9.47 Å². The highest BCUT2D eigenvalue weighted by molar-refractivity contribution is 6.09. The van der Waals surface area contributed by atoms with Gasteiger partial charge in [0.2, 0.25) is 0 Å². The van der Waals surface area contributed by atoms with E-state index in [1.54, 1.807) is 13.3 Å². The van der Waals surface area contributed by atoms with Gasteiger partial charge in [0.05, 0.1) is 30.0 Å². The van der Waals surface area contributed by atoms with Crippen molar-refractivity contribution < 1.29 is 9.47 Å². The third kappa shape index (κ3) is 6.36. The lowest BCUT2D eigenvalue weighted by atomic mass is 9.76. The minimum Gasteiger partial charge on any atom is -0.497 e. The van der Waals surface area contributed by atoms with E-state index in [0.29, 0.717) is 11.8 Å². The molecular formula is C46H50N4O2. The quantitative estimate of drug-likeness (QED) is 0.128. The van der Waals surface area contributed by atoms with Gasteiger partial charge in [-0.25, -0.2) is 9.67 Å². The van der Waals surface area contributed by atoms with Gasteiger partial charge in [-0.1, -0.05) is 64.8 Å². The van der Waals surface area contributed by atoms with E-state index in [1.165, 1.54) is 38.9 Å². The third-order valence-electron chi connectivity index (χ3n) is 10.9. The van der Waals surface area contributed by atoms with Gasteiger partial charge in [0.15, 0.2) is 0 Å². The van der Waals surface area contributed by atoms with Crippen LogP contribution in [0.1, 0.15) is 93.0 Å². The number of nitrogens with zero attached hydrogens (tertiary/aromatic N) is 4. The van der Waals surface area contributed by atoms with E-state index in [-0.39, 0.29) is 0 Å². The van der Waals surface area contributed by atoms with Crippen LogP contribution >= 0.6 is 0 Å². The van der Waals surface area contributed by atoms with Crippen molar-refractivity contribution in [1.29, 1.82) is 0 Å². The van der Waals surface area contributed by atoms with Crippen molar-refractivity contribution in [3.63, 3.8) is 0 Å². The molecule has 266 valence electrons. The fourth-order valence-electron chi connectivity index (χ4n) is 8.23. The van der Waals surface area contributed by atoms with Crippen molar-refractivity contribution in [2.45, 2.75) is 86.0 Å². The van der Waals surface area contributed by atoms with Crippen LogP contribution in [0, 0.1) is 20.8 Å². The molecule has 0 aliphatic heterocycles. The van der Waals surface area contributed by atoms with Crippen molar-refractivity contribution in [2.75, 3.05) is 7.11 Å². The van der Waals surface area contributed by atoms with E-state index in [4.69, 9.17) is 19.6 Å². The molecule has 6 nitrogen and oxygen atoms in total. The smallest absolute Gasteiger partial charge is 0.141 e. The van der Waals surface area contributed by atoms with E-state index in [2.05, 4.69) is 114 Å². The first-order chi connectivity index (χ1) is 25.2. The van der Waals surface area contributed by atoms with Crippen molar-refractivity contribution in [2.24, 2.45) is 0 Å². The summed E-state index contributed by atoms with van der Waals surface area (Å²) in [4.78, 5) is 4.71. The molecule has 2 atom stereocenters. The largest absolute Gasteiger partial charge is 0.497 e. The summed E-state index contributed by atoms with van der Waals surface area (Å²) in [5.74, 6) is 3.95. The SMILES string of the molecule is CCCC(C)c1c(C)c(C)c(C)c(C(C)CCC)c1-c1cnn(-c2cccc(Oc3ccc4c5ccccc5n(-c5cc(OC)ccn5)c4c3)c2)c1. The molecule has 3 heterocycles. The van der Waals surface area contributed by atoms with E-state index in [0.717, 1.165) is 76.2 Å². The molecule has 0 radical (unpaired) electrons. The molecule has 3 aromatic heterocycles. The van der Waals surface area contributed by atoms with Crippen LogP contribution < -0.4 is 9.47 Å². The Morgan fingerprint density at radius 2 is 1.38 bits per heavy atom. The van der Waals surface area contributed by atoms with Gasteiger partial charge in [0.25, 0.3) is 0 Å². The van der Waals surface area contributed by atoms with Gasteiger partial charge in [-0.05, 0) is 115 Å². The first-order valence-corrected chi connectivity index (χ1v) is 18.7. The van der Waals surface area contributed by atoms with Crippen molar-refractivity contribution in [3.8, 4) is 39.9 Å². The molecule has 0 saturated carbocycles. The Morgan fingerprint density at radius 3 is 2.10 bits per heavy atom. The number of rotatable bonds is 12. The molecular weight excluding hydrogens is 641 g/mol. The second-order valence-electron chi connectivity index (χ2n) is 14.3. The summed E-state index contributed by atoms with van der Waals surface area (Å²) in [6.45, 7) is 16.3. The molecule has 7 rings (SSSR count). The first-order valence-electron chi connectivity index (χ1n) is 18.7. The number of para-hydroxylation sites is 1. The van der Waals surface area contributed by atoms with Crippen LogP contribution in [0.4, 0.5) is 0 Å². The Morgan fingerprint density at radius 1 is 0.692 bits per heavy atom. The Kier molecular flexibility index (Phi) is 9.92. The maximum Gasteiger partial charge on any atom is 0.141 e. The molecule has 0 aliphatic carbocycles. The van der Waals surface area contributed by atoms with Crippen LogP contribution in [0.3, 0.4) is 0 Å². The molecule has 0 amide bonds. The summed E-state index contributed by atoms with van der Waals surface area (Å²) in [7, 11) is 1.68. The number of ether oxygens (including phenoxy) is 2. The topological polar surface area (TPSA) is 54.1 Å². The summed E-state index contributed by atoms with van der Waals surface area (Å²) in [6, 6.07) is 26.7. The van der Waals surface area contributed by atoms with Crippen LogP contribution in [0.15, 0.2) is 97.5 Å². The highest BCUT2D eigenvalue weighted by Crippen LogP contribution is 2.44. The highest BCUT2D eigenvalue weighted by atomic mass is 16.5. The molecule has 0 N–H and O–H groups in total. The van der Waals surface area contributed by atoms with Gasteiger partial charge in [-0.3, -0.25) is 4.57 Å². The van der Waals surface area contributed by atoms with Crippen LogP contribution in [-0.2, 0) is 0 Å². The molecule has 4 aromatic carbocycles. The molecule has 0 spiro atoms. The van der Waals surface area contributed by atoms with Crippen molar-refractivity contribution in [1.82, 2.24) is 19.3 Å². The third-order valence-corrected chi connectivity index (χ3v) is 10.9. The Bertz CT molecular complexity index is 2340. The molecule has 52 heavy (non-hydrogen) atoms. The Balaban J connectivity index is 1.27. The molecule has 2 unspecified atom stereocenters. The molecule has 0 bridgehead atoms. The van der Waals surface area contributed by atoms with Crippen molar-refractivity contribution >= 4 is 21.8 Å². The van der Waals surface area contributed by atoms with Gasteiger partial charge in [0, 0.05) is 46.9 Å². The zero-order valence-electron chi connectivity index (χ0n) is 31.8. The normalized spacial score (nSPS) is 12.8. The van der Waals surface area contributed by atoms with E-state index < -0.39 is 0 Å². The predicted molar refractivity (Wildman–Crippen MR) is 215 cm³/mol. The number of fused-ring (bicyclic) bond motifs is 3. The number of benzene rings is 4. The summed E-state index contributed by atoms with van der Waals surface area (Å²) >= 11 is 0. The lowest BCUT2D eigenvalue weighted by Gasteiger charge is -2.28. The summed E-state index contributed by atoms with van der Waals surface area (Å²) in [5, 5.41) is 7.24. The van der Waals surface area contributed by atoms with E-state index in [9.17, 15) is 0 Å². The van der Waals surface area contributed by atoms with Gasteiger partial charge in [-0.2, -0.15) is 5.10 Å².